The molecule has 7 nitrogen and oxygen atoms in total. The molecule has 1 unspecified atom stereocenters. The van der Waals surface area contributed by atoms with Crippen LogP contribution in [0, 0.1) is 0 Å². The first kappa shape index (κ1) is 41.1. The van der Waals surface area contributed by atoms with E-state index in [2.05, 4.69) is 203 Å². The van der Waals surface area contributed by atoms with E-state index in [9.17, 15) is 0 Å². The van der Waals surface area contributed by atoms with Gasteiger partial charge < -0.3 is 33.8 Å². The van der Waals surface area contributed by atoms with Crippen molar-refractivity contribution < 1.29 is 14.2 Å². The third kappa shape index (κ3) is 8.93. The standard InChI is InChI=1S/C55H52N4O3/c1-41(42(2)57(43-18-9-6-10-19-43)50-24-15-27-53(38-50)60-3)56(46-30-34-48(35-31-46)58(44-20-11-7-12-21-44)51-25-16-28-54(39-51)61-4)47-32-36-49(37-33-47)59(45-22-13-8-14-23-45)52-26-17-29-55(40-52)62-5/h6-42H,1-5H3/t41?,42-/m0/s1. The van der Waals surface area contributed by atoms with Crippen LogP contribution in [-0.4, -0.2) is 33.4 Å². The summed E-state index contributed by atoms with van der Waals surface area (Å²) in [4.78, 5) is 9.37. The van der Waals surface area contributed by atoms with Crippen LogP contribution in [0.1, 0.15) is 13.8 Å². The lowest BCUT2D eigenvalue weighted by molar-refractivity contribution is 0.414. The number of para-hydroxylation sites is 3. The van der Waals surface area contributed by atoms with Gasteiger partial charge in [0.05, 0.1) is 33.4 Å². The summed E-state index contributed by atoms with van der Waals surface area (Å²) in [6.45, 7) is 4.61. The van der Waals surface area contributed by atoms with Crippen molar-refractivity contribution in [1.29, 1.82) is 0 Å². The summed E-state index contributed by atoms with van der Waals surface area (Å²) in [5.41, 5.74) is 10.5. The Morgan fingerprint density at radius 2 is 0.532 bits per heavy atom. The summed E-state index contributed by atoms with van der Waals surface area (Å²) in [5.74, 6) is 2.41. The fourth-order valence-electron chi connectivity index (χ4n) is 8.09. The molecule has 0 bridgehead atoms. The predicted molar refractivity (Wildman–Crippen MR) is 258 cm³/mol. The average Bonchev–Trinajstić information content (AvgIpc) is 3.34. The Hall–Kier alpha value is -7.64. The molecule has 0 spiro atoms. The lowest BCUT2D eigenvalue weighted by Gasteiger charge is -2.42. The van der Waals surface area contributed by atoms with Crippen LogP contribution >= 0.6 is 0 Å². The van der Waals surface area contributed by atoms with Gasteiger partial charge in [0.2, 0.25) is 0 Å². The van der Waals surface area contributed by atoms with Crippen LogP contribution in [0.2, 0.25) is 0 Å². The smallest absolute Gasteiger partial charge is 0.120 e. The van der Waals surface area contributed by atoms with Crippen molar-refractivity contribution in [2.45, 2.75) is 25.9 Å². The molecule has 8 aromatic carbocycles. The van der Waals surface area contributed by atoms with Crippen LogP contribution in [0.15, 0.2) is 212 Å². The molecule has 0 saturated heterocycles. The molecular formula is C55H52N4O3. The van der Waals surface area contributed by atoms with Crippen molar-refractivity contribution in [2.75, 3.05) is 40.9 Å². The topological polar surface area (TPSA) is 40.7 Å². The summed E-state index contributed by atoms with van der Waals surface area (Å²) in [5, 5.41) is 0. The molecule has 0 aliphatic rings. The van der Waals surface area contributed by atoms with E-state index in [1.54, 1.807) is 21.3 Å². The van der Waals surface area contributed by atoms with Crippen LogP contribution in [0.25, 0.3) is 0 Å². The summed E-state index contributed by atoms with van der Waals surface area (Å²) in [6, 6.07) is 73.8. The highest BCUT2D eigenvalue weighted by atomic mass is 16.5. The number of benzene rings is 8. The number of hydrogen-bond donors (Lipinski definition) is 0. The number of anilines is 10. The van der Waals surface area contributed by atoms with Gasteiger partial charge in [-0.25, -0.2) is 0 Å². The molecule has 0 aliphatic heterocycles. The molecule has 0 aliphatic carbocycles. The van der Waals surface area contributed by atoms with E-state index in [4.69, 9.17) is 14.2 Å². The first-order chi connectivity index (χ1) is 30.4. The molecule has 2 atom stereocenters. The van der Waals surface area contributed by atoms with Gasteiger partial charge in [-0.15, -0.1) is 0 Å². The minimum Gasteiger partial charge on any atom is -0.497 e. The SMILES string of the molecule is COc1cccc(N(c2ccccc2)c2ccc(N(c3ccc(N(c4ccccc4)c4cccc(OC)c4)cc3)C(C)[C@H](C)N(c3ccccc3)c3cccc(OC)c3)cc2)c1. The summed E-state index contributed by atoms with van der Waals surface area (Å²) < 4.78 is 17.0. The van der Waals surface area contributed by atoms with E-state index >= 15 is 0 Å². The molecule has 0 amide bonds. The average molecular weight is 817 g/mol. The first-order valence-corrected chi connectivity index (χ1v) is 20.9. The van der Waals surface area contributed by atoms with Crippen molar-refractivity contribution >= 4 is 56.9 Å². The monoisotopic (exact) mass is 816 g/mol. The second-order valence-electron chi connectivity index (χ2n) is 15.0. The Labute approximate surface area is 366 Å². The Morgan fingerprint density at radius 3 is 0.903 bits per heavy atom. The van der Waals surface area contributed by atoms with Crippen molar-refractivity contribution in [2.24, 2.45) is 0 Å². The third-order valence-electron chi connectivity index (χ3n) is 11.3. The van der Waals surface area contributed by atoms with Gasteiger partial charge in [-0.05, 0) is 135 Å². The predicted octanol–water partition coefficient (Wildman–Crippen LogP) is 14.4. The van der Waals surface area contributed by atoms with Crippen LogP contribution in [0.3, 0.4) is 0 Å². The number of nitrogens with zero attached hydrogens (tertiary/aromatic N) is 4. The van der Waals surface area contributed by atoms with Crippen molar-refractivity contribution in [3.63, 3.8) is 0 Å². The highest BCUT2D eigenvalue weighted by Gasteiger charge is 2.29. The van der Waals surface area contributed by atoms with Gasteiger partial charge in [0.15, 0.2) is 0 Å². The van der Waals surface area contributed by atoms with E-state index in [0.29, 0.717) is 0 Å². The lowest BCUT2D eigenvalue weighted by atomic mass is 10.0. The highest BCUT2D eigenvalue weighted by Crippen LogP contribution is 2.42. The molecule has 8 rings (SSSR count). The summed E-state index contributed by atoms with van der Waals surface area (Å²) >= 11 is 0. The number of methoxy groups -OCH3 is 3. The van der Waals surface area contributed by atoms with E-state index in [-0.39, 0.29) is 12.1 Å². The first-order valence-electron chi connectivity index (χ1n) is 20.9. The summed E-state index contributed by atoms with van der Waals surface area (Å²) in [6.07, 6.45) is 0. The van der Waals surface area contributed by atoms with E-state index in [1.807, 2.05) is 42.5 Å². The number of rotatable bonds is 16. The van der Waals surface area contributed by atoms with E-state index in [0.717, 1.165) is 74.1 Å². The van der Waals surface area contributed by atoms with Crippen LogP contribution in [0.5, 0.6) is 17.2 Å². The second kappa shape index (κ2) is 19.2. The lowest BCUT2D eigenvalue weighted by Crippen LogP contribution is -2.46. The van der Waals surface area contributed by atoms with Crippen molar-refractivity contribution in [3.05, 3.63) is 212 Å². The maximum absolute atomic E-state index is 5.72. The maximum atomic E-state index is 5.72. The minimum absolute atomic E-state index is 0.0148. The molecule has 0 radical (unpaired) electrons. The molecule has 0 saturated carbocycles. The highest BCUT2D eigenvalue weighted by molar-refractivity contribution is 5.81. The third-order valence-corrected chi connectivity index (χ3v) is 11.3. The maximum Gasteiger partial charge on any atom is 0.120 e. The fraction of sp³-hybridized carbons (Fsp3) is 0.127. The van der Waals surface area contributed by atoms with Crippen molar-refractivity contribution in [1.82, 2.24) is 0 Å². The minimum atomic E-state index is -0.0367. The molecule has 0 aromatic heterocycles. The molecule has 310 valence electrons. The van der Waals surface area contributed by atoms with Gasteiger partial charge in [0.25, 0.3) is 0 Å². The van der Waals surface area contributed by atoms with Crippen LogP contribution in [0.4, 0.5) is 56.9 Å². The van der Waals surface area contributed by atoms with Gasteiger partial charge in [-0.2, -0.15) is 0 Å². The molecular weight excluding hydrogens is 765 g/mol. The van der Waals surface area contributed by atoms with E-state index in [1.165, 1.54) is 0 Å². The largest absolute Gasteiger partial charge is 0.497 e. The molecule has 0 heterocycles. The molecule has 0 fully saturated rings. The molecule has 0 N–H and O–H groups in total. The quantitative estimate of drug-likeness (QED) is 0.0962. The van der Waals surface area contributed by atoms with Gasteiger partial charge >= 0.3 is 0 Å². The fourth-order valence-corrected chi connectivity index (χ4v) is 8.09. The van der Waals surface area contributed by atoms with Crippen molar-refractivity contribution in [3.8, 4) is 17.2 Å². The van der Waals surface area contributed by atoms with Gasteiger partial charge in [0.1, 0.15) is 17.2 Å². The zero-order valence-electron chi connectivity index (χ0n) is 35.9. The molecule has 8 aromatic rings. The Balaban J connectivity index is 1.23. The molecule has 62 heavy (non-hydrogen) atoms. The Kier molecular flexibility index (Phi) is 12.7. The number of ether oxygens (including phenoxy) is 3. The zero-order chi connectivity index (χ0) is 42.8. The normalized spacial score (nSPS) is 11.8. The van der Waals surface area contributed by atoms with Gasteiger partial charge in [0, 0.05) is 75.1 Å². The Bertz CT molecular complexity index is 2510. The molecule has 7 heteroatoms. The Morgan fingerprint density at radius 1 is 0.274 bits per heavy atom. The zero-order valence-corrected chi connectivity index (χ0v) is 35.9. The van der Waals surface area contributed by atoms with E-state index < -0.39 is 0 Å². The van der Waals surface area contributed by atoms with Gasteiger partial charge in [-0.1, -0.05) is 72.8 Å². The second-order valence-corrected chi connectivity index (χ2v) is 15.0. The number of hydrogen-bond acceptors (Lipinski definition) is 7. The summed E-state index contributed by atoms with van der Waals surface area (Å²) in [7, 11) is 5.12. The van der Waals surface area contributed by atoms with Crippen LogP contribution < -0.4 is 33.8 Å². The van der Waals surface area contributed by atoms with Crippen LogP contribution in [-0.2, 0) is 0 Å². The van der Waals surface area contributed by atoms with Gasteiger partial charge in [-0.3, -0.25) is 0 Å².